The van der Waals surface area contributed by atoms with Gasteiger partial charge in [0.2, 0.25) is 0 Å². The third-order valence-corrected chi connectivity index (χ3v) is 4.19. The second kappa shape index (κ2) is 8.46. The van der Waals surface area contributed by atoms with Crippen LogP contribution in [-0.2, 0) is 9.53 Å². The molecule has 27 heavy (non-hydrogen) atoms. The third-order valence-electron chi connectivity index (χ3n) is 3.68. The van der Waals surface area contributed by atoms with Crippen molar-refractivity contribution in [3.63, 3.8) is 0 Å². The van der Waals surface area contributed by atoms with Crippen LogP contribution in [0.1, 0.15) is 13.8 Å². The Morgan fingerprint density at radius 1 is 1.07 bits per heavy atom. The molecule has 0 aliphatic rings. The van der Waals surface area contributed by atoms with Gasteiger partial charge in [-0.05, 0) is 62.4 Å². The van der Waals surface area contributed by atoms with Gasteiger partial charge in [-0.3, -0.25) is 0 Å². The van der Waals surface area contributed by atoms with Gasteiger partial charge in [0.1, 0.15) is 11.5 Å². The maximum absolute atomic E-state index is 11.6. The first kappa shape index (κ1) is 19.3. The number of carbonyl (C=O) groups excluding carboxylic acids is 1. The Balaban J connectivity index is 1.74. The van der Waals surface area contributed by atoms with Gasteiger partial charge < -0.3 is 14.2 Å². The van der Waals surface area contributed by atoms with Gasteiger partial charge in [0, 0.05) is 10.4 Å². The van der Waals surface area contributed by atoms with E-state index >= 15 is 0 Å². The number of esters is 1. The minimum Gasteiger partial charge on any atom is -0.479 e. The largest absolute Gasteiger partial charge is 0.479 e. The lowest BCUT2D eigenvalue weighted by Crippen LogP contribution is -2.25. The smallest absolute Gasteiger partial charge is 0.347 e. The van der Waals surface area contributed by atoms with Crippen LogP contribution in [0, 0.1) is 0 Å². The van der Waals surface area contributed by atoms with Gasteiger partial charge in [-0.15, -0.1) is 0 Å². The number of rotatable bonds is 6. The first-order valence-corrected chi connectivity index (χ1v) is 9.09. The maximum atomic E-state index is 11.6. The highest BCUT2D eigenvalue weighted by Crippen LogP contribution is 2.32. The molecule has 0 aliphatic carbocycles. The van der Waals surface area contributed by atoms with Gasteiger partial charge in [-0.25, -0.2) is 9.78 Å². The van der Waals surface area contributed by atoms with Crippen LogP contribution in [0.3, 0.4) is 0 Å². The monoisotopic (exact) mass is 405 g/mol. The summed E-state index contributed by atoms with van der Waals surface area (Å²) in [6.45, 7) is 3.69. The van der Waals surface area contributed by atoms with Crippen LogP contribution in [0.2, 0.25) is 10.2 Å². The molecule has 0 saturated carbocycles. The summed E-state index contributed by atoms with van der Waals surface area (Å²) >= 11 is 12.2. The Labute approximate surface area is 166 Å². The minimum atomic E-state index is -0.694. The van der Waals surface area contributed by atoms with Crippen molar-refractivity contribution in [3.8, 4) is 17.2 Å². The molecule has 5 nitrogen and oxygen atoms in total. The van der Waals surface area contributed by atoms with Crippen molar-refractivity contribution >= 4 is 40.1 Å². The van der Waals surface area contributed by atoms with Gasteiger partial charge >= 0.3 is 5.97 Å². The molecule has 0 fully saturated rings. The molecule has 0 radical (unpaired) electrons. The predicted octanol–water partition coefficient (Wildman–Crippen LogP) is 5.66. The molecule has 0 amide bonds. The lowest BCUT2D eigenvalue weighted by atomic mass is 10.2. The van der Waals surface area contributed by atoms with Gasteiger partial charge in [0.15, 0.2) is 17.0 Å². The molecular weight excluding hydrogens is 389 g/mol. The molecule has 1 atom stereocenters. The molecule has 0 bridgehead atoms. The topological polar surface area (TPSA) is 57.7 Å². The van der Waals surface area contributed by atoms with Crippen LogP contribution in [0.5, 0.6) is 17.2 Å². The first-order chi connectivity index (χ1) is 13.0. The van der Waals surface area contributed by atoms with Crippen LogP contribution >= 0.6 is 23.2 Å². The Hall–Kier alpha value is -2.50. The summed E-state index contributed by atoms with van der Waals surface area (Å²) in [5.41, 5.74) is 0.730. The normalized spacial score (nSPS) is 11.9. The van der Waals surface area contributed by atoms with E-state index in [0.29, 0.717) is 28.9 Å². The number of ether oxygens (including phenoxy) is 3. The summed E-state index contributed by atoms with van der Waals surface area (Å²) in [7, 11) is 0. The zero-order valence-corrected chi connectivity index (χ0v) is 16.3. The van der Waals surface area contributed by atoms with E-state index in [-0.39, 0.29) is 5.15 Å². The van der Waals surface area contributed by atoms with Crippen molar-refractivity contribution in [2.75, 3.05) is 6.61 Å². The van der Waals surface area contributed by atoms with Crippen LogP contribution in [0.25, 0.3) is 10.9 Å². The van der Waals surface area contributed by atoms with E-state index in [1.807, 2.05) is 0 Å². The van der Waals surface area contributed by atoms with Crippen molar-refractivity contribution < 1.29 is 19.0 Å². The van der Waals surface area contributed by atoms with E-state index < -0.39 is 12.1 Å². The number of nitrogens with zero attached hydrogens (tertiary/aromatic N) is 1. The number of fused-ring (bicyclic) bond motifs is 1. The number of halogens is 2. The second-order valence-electron chi connectivity index (χ2n) is 5.70. The van der Waals surface area contributed by atoms with Crippen molar-refractivity contribution in [3.05, 3.63) is 58.7 Å². The summed E-state index contributed by atoms with van der Waals surface area (Å²) < 4.78 is 16.3. The standard InChI is InChI=1S/C20H17Cl2NO4/c1-3-25-20(24)12(2)26-15-5-7-16(8-6-15)27-18-11-13-10-14(21)4-9-17(13)23-19(18)22/h4-12H,3H2,1-2H3. The highest BCUT2D eigenvalue weighted by atomic mass is 35.5. The number of hydrogen-bond acceptors (Lipinski definition) is 5. The van der Waals surface area contributed by atoms with E-state index in [0.717, 1.165) is 10.9 Å². The Kier molecular flexibility index (Phi) is 6.04. The summed E-state index contributed by atoms with van der Waals surface area (Å²) in [5, 5.41) is 1.68. The number of hydrogen-bond donors (Lipinski definition) is 0. The SMILES string of the molecule is CCOC(=O)C(C)Oc1ccc(Oc2cc3cc(Cl)ccc3nc2Cl)cc1. The minimum absolute atomic E-state index is 0.251. The van der Waals surface area contributed by atoms with Gasteiger partial charge in [-0.2, -0.15) is 0 Å². The van der Waals surface area contributed by atoms with E-state index in [2.05, 4.69) is 4.98 Å². The summed E-state index contributed by atoms with van der Waals surface area (Å²) in [6.07, 6.45) is -0.694. The molecule has 0 saturated heterocycles. The highest BCUT2D eigenvalue weighted by molar-refractivity contribution is 6.32. The average molecular weight is 406 g/mol. The summed E-state index contributed by atoms with van der Waals surface area (Å²) in [6, 6.07) is 13.9. The molecule has 0 N–H and O–H groups in total. The Morgan fingerprint density at radius 2 is 1.78 bits per heavy atom. The van der Waals surface area contributed by atoms with E-state index in [1.165, 1.54) is 0 Å². The van der Waals surface area contributed by atoms with Gasteiger partial charge in [0.05, 0.1) is 12.1 Å². The zero-order chi connectivity index (χ0) is 19.4. The molecule has 1 aromatic heterocycles. The number of aromatic nitrogens is 1. The molecule has 3 rings (SSSR count). The Morgan fingerprint density at radius 3 is 2.48 bits per heavy atom. The van der Waals surface area contributed by atoms with Crippen LogP contribution in [-0.4, -0.2) is 23.7 Å². The fourth-order valence-electron chi connectivity index (χ4n) is 2.40. The van der Waals surface area contributed by atoms with Crippen LogP contribution < -0.4 is 9.47 Å². The molecule has 3 aromatic rings. The van der Waals surface area contributed by atoms with E-state index in [4.69, 9.17) is 37.4 Å². The lowest BCUT2D eigenvalue weighted by Gasteiger charge is -2.14. The second-order valence-corrected chi connectivity index (χ2v) is 6.49. The molecule has 1 heterocycles. The van der Waals surface area contributed by atoms with Gasteiger partial charge in [-0.1, -0.05) is 23.2 Å². The molecule has 1 unspecified atom stereocenters. The molecule has 7 heteroatoms. The molecule has 0 aliphatic heterocycles. The third kappa shape index (κ3) is 4.81. The predicted molar refractivity (Wildman–Crippen MR) is 105 cm³/mol. The van der Waals surface area contributed by atoms with Crippen LogP contribution in [0.4, 0.5) is 0 Å². The van der Waals surface area contributed by atoms with Crippen molar-refractivity contribution in [2.45, 2.75) is 20.0 Å². The fraction of sp³-hybridized carbons (Fsp3) is 0.200. The number of pyridine rings is 1. The Bertz CT molecular complexity index is 960. The fourth-order valence-corrected chi connectivity index (χ4v) is 2.77. The first-order valence-electron chi connectivity index (χ1n) is 8.33. The molecule has 140 valence electrons. The number of benzene rings is 2. The average Bonchev–Trinajstić information content (AvgIpc) is 2.64. The van der Waals surface area contributed by atoms with Crippen molar-refractivity contribution in [2.24, 2.45) is 0 Å². The highest BCUT2D eigenvalue weighted by Gasteiger charge is 2.15. The van der Waals surface area contributed by atoms with E-state index in [1.54, 1.807) is 62.4 Å². The van der Waals surface area contributed by atoms with Crippen LogP contribution in [0.15, 0.2) is 48.5 Å². The van der Waals surface area contributed by atoms with E-state index in [9.17, 15) is 4.79 Å². The maximum Gasteiger partial charge on any atom is 0.347 e. The van der Waals surface area contributed by atoms with Crippen molar-refractivity contribution in [1.29, 1.82) is 0 Å². The molecule has 2 aromatic carbocycles. The number of carbonyl (C=O) groups is 1. The van der Waals surface area contributed by atoms with Crippen molar-refractivity contribution in [1.82, 2.24) is 4.98 Å². The molecular formula is C20H17Cl2NO4. The summed E-state index contributed by atoms with van der Waals surface area (Å²) in [4.78, 5) is 15.9. The van der Waals surface area contributed by atoms with Gasteiger partial charge in [0.25, 0.3) is 0 Å². The lowest BCUT2D eigenvalue weighted by molar-refractivity contribution is -0.150. The summed E-state index contributed by atoms with van der Waals surface area (Å²) in [5.74, 6) is 1.08. The zero-order valence-electron chi connectivity index (χ0n) is 14.7. The quantitative estimate of drug-likeness (QED) is 0.390. The molecule has 0 spiro atoms.